The standard InChI is InChI=1S/C21H19ClFNO6S3/c1-32(27,28)15-10-14(23)21(33(2,29)30)19-17(15)20(31-13-5-3-12(22)4-6-13)18-11(9-16(25)26)7-8-24(18)19/h3-6,10-11H,7-9H2,1-2H3,(H,25,26). The fourth-order valence-electron chi connectivity index (χ4n) is 4.28. The summed E-state index contributed by atoms with van der Waals surface area (Å²) in [6, 6.07) is 7.46. The van der Waals surface area contributed by atoms with Gasteiger partial charge in [0.05, 0.1) is 16.8 Å². The topological polar surface area (TPSA) is 111 Å². The van der Waals surface area contributed by atoms with Gasteiger partial charge in [-0.05, 0) is 36.8 Å². The summed E-state index contributed by atoms with van der Waals surface area (Å²) in [5, 5.41) is 10.00. The van der Waals surface area contributed by atoms with E-state index < -0.39 is 42.3 Å². The molecular formula is C21H19ClFNO6S3. The van der Waals surface area contributed by atoms with Crippen molar-refractivity contribution in [2.24, 2.45) is 0 Å². The van der Waals surface area contributed by atoms with E-state index in [1.165, 1.54) is 11.8 Å². The number of carboxylic acids is 1. The highest BCUT2D eigenvalue weighted by Gasteiger charge is 2.37. The first-order valence-corrected chi connectivity index (χ1v) is 14.7. The molecule has 33 heavy (non-hydrogen) atoms. The van der Waals surface area contributed by atoms with Crippen molar-refractivity contribution < 1.29 is 31.1 Å². The fourth-order valence-corrected chi connectivity index (χ4v) is 7.53. The molecule has 0 amide bonds. The van der Waals surface area contributed by atoms with Crippen molar-refractivity contribution in [3.63, 3.8) is 0 Å². The average molecular weight is 532 g/mol. The molecule has 0 bridgehead atoms. The number of aliphatic carboxylic acids is 1. The third-order valence-electron chi connectivity index (χ3n) is 5.51. The Balaban J connectivity index is 2.17. The highest BCUT2D eigenvalue weighted by molar-refractivity contribution is 7.99. The van der Waals surface area contributed by atoms with Crippen LogP contribution in [-0.2, 0) is 31.0 Å². The molecule has 7 nitrogen and oxygen atoms in total. The van der Waals surface area contributed by atoms with Gasteiger partial charge in [-0.1, -0.05) is 23.4 Å². The summed E-state index contributed by atoms with van der Waals surface area (Å²) >= 11 is 7.14. The molecule has 0 saturated heterocycles. The Hall–Kier alpha value is -2.08. The number of nitrogens with zero attached hydrogens (tertiary/aromatic N) is 1. The number of halogens is 2. The van der Waals surface area contributed by atoms with Crippen molar-refractivity contribution >= 4 is 59.9 Å². The number of rotatable bonds is 6. The Labute approximate surface area is 199 Å². The van der Waals surface area contributed by atoms with Crippen LogP contribution in [-0.4, -0.2) is 45.0 Å². The van der Waals surface area contributed by atoms with E-state index in [9.17, 15) is 26.7 Å². The molecular weight excluding hydrogens is 513 g/mol. The smallest absolute Gasteiger partial charge is 0.304 e. The molecule has 1 unspecified atom stereocenters. The number of sulfone groups is 2. The van der Waals surface area contributed by atoms with Gasteiger partial charge in [-0.2, -0.15) is 0 Å². The van der Waals surface area contributed by atoms with E-state index in [1.54, 1.807) is 28.8 Å². The quantitative estimate of drug-likeness (QED) is 0.503. The predicted octanol–water partition coefficient (Wildman–Crippen LogP) is 4.35. The molecule has 2 heterocycles. The molecule has 0 aliphatic carbocycles. The zero-order valence-corrected chi connectivity index (χ0v) is 20.7. The Morgan fingerprint density at radius 3 is 2.36 bits per heavy atom. The van der Waals surface area contributed by atoms with Gasteiger partial charge in [0, 0.05) is 50.9 Å². The van der Waals surface area contributed by atoms with Crippen LogP contribution in [0.4, 0.5) is 4.39 Å². The van der Waals surface area contributed by atoms with Gasteiger partial charge in [0.15, 0.2) is 19.7 Å². The van der Waals surface area contributed by atoms with Crippen LogP contribution < -0.4 is 0 Å². The number of aryl methyl sites for hydroxylation is 1. The Bertz CT molecular complexity index is 1510. The first-order valence-electron chi connectivity index (χ1n) is 9.73. The minimum atomic E-state index is -4.08. The maximum Gasteiger partial charge on any atom is 0.304 e. The maximum absolute atomic E-state index is 15.1. The molecule has 12 heteroatoms. The van der Waals surface area contributed by atoms with E-state index in [-0.39, 0.29) is 28.8 Å². The monoisotopic (exact) mass is 531 g/mol. The zero-order valence-electron chi connectivity index (χ0n) is 17.5. The van der Waals surface area contributed by atoms with Crippen molar-refractivity contribution in [3.05, 3.63) is 46.9 Å². The summed E-state index contributed by atoms with van der Waals surface area (Å²) in [5.41, 5.74) is 0.449. The number of carboxylic acid groups (broad SMARTS) is 1. The lowest BCUT2D eigenvalue weighted by molar-refractivity contribution is -0.137. The van der Waals surface area contributed by atoms with Crippen LogP contribution in [0.5, 0.6) is 0 Å². The lowest BCUT2D eigenvalue weighted by Gasteiger charge is -2.12. The zero-order chi connectivity index (χ0) is 24.3. The molecule has 3 aromatic rings. The molecule has 1 aliphatic rings. The minimum absolute atomic E-state index is 0.0442. The van der Waals surface area contributed by atoms with E-state index in [0.29, 0.717) is 26.9 Å². The molecule has 4 rings (SSSR count). The van der Waals surface area contributed by atoms with Crippen LogP contribution in [0, 0.1) is 5.82 Å². The van der Waals surface area contributed by atoms with E-state index in [2.05, 4.69) is 0 Å². The average Bonchev–Trinajstić information content (AvgIpc) is 3.20. The predicted molar refractivity (Wildman–Crippen MR) is 123 cm³/mol. The first-order chi connectivity index (χ1) is 15.3. The molecule has 176 valence electrons. The highest BCUT2D eigenvalue weighted by Crippen LogP contribution is 2.50. The largest absolute Gasteiger partial charge is 0.481 e. The van der Waals surface area contributed by atoms with Gasteiger partial charge in [0.25, 0.3) is 0 Å². The van der Waals surface area contributed by atoms with Gasteiger partial charge in [-0.25, -0.2) is 21.2 Å². The first kappa shape index (κ1) is 24.1. The van der Waals surface area contributed by atoms with E-state index in [4.69, 9.17) is 11.6 Å². The number of fused-ring (bicyclic) bond motifs is 3. The molecule has 0 spiro atoms. The normalized spacial score (nSPS) is 16.3. The van der Waals surface area contributed by atoms with Gasteiger partial charge < -0.3 is 9.67 Å². The van der Waals surface area contributed by atoms with Crippen molar-refractivity contribution in [2.75, 3.05) is 12.5 Å². The number of aromatic nitrogens is 1. The Morgan fingerprint density at radius 2 is 1.82 bits per heavy atom. The summed E-state index contributed by atoms with van der Waals surface area (Å²) in [5.74, 6) is -2.69. The van der Waals surface area contributed by atoms with Gasteiger partial charge in [0.1, 0.15) is 10.7 Å². The van der Waals surface area contributed by atoms with Gasteiger partial charge in [0.2, 0.25) is 0 Å². The van der Waals surface area contributed by atoms with Gasteiger partial charge >= 0.3 is 5.97 Å². The Morgan fingerprint density at radius 1 is 1.18 bits per heavy atom. The van der Waals surface area contributed by atoms with Crippen LogP contribution in [0.2, 0.25) is 5.02 Å². The van der Waals surface area contributed by atoms with Crippen LogP contribution >= 0.6 is 23.4 Å². The van der Waals surface area contributed by atoms with Crippen LogP contribution in [0.3, 0.4) is 0 Å². The number of hydrogen-bond acceptors (Lipinski definition) is 6. The summed E-state index contributed by atoms with van der Waals surface area (Å²) in [7, 11) is -8.05. The fraction of sp³-hybridized carbons (Fsp3) is 0.286. The van der Waals surface area contributed by atoms with E-state index in [0.717, 1.165) is 18.6 Å². The van der Waals surface area contributed by atoms with Crippen LogP contribution in [0.25, 0.3) is 10.9 Å². The van der Waals surface area contributed by atoms with Crippen LogP contribution in [0.15, 0.2) is 49.9 Å². The Kier molecular flexibility index (Phi) is 6.05. The SMILES string of the molecule is CS(=O)(=O)c1cc(F)c(S(C)(=O)=O)c2c1c(Sc1ccc(Cl)cc1)c1n2CCC1CC(=O)O. The second-order valence-corrected chi connectivity index (χ2v) is 13.4. The summed E-state index contributed by atoms with van der Waals surface area (Å²) in [6.07, 6.45) is 1.96. The van der Waals surface area contributed by atoms with Crippen molar-refractivity contribution in [1.29, 1.82) is 0 Å². The van der Waals surface area contributed by atoms with Gasteiger partial charge in [-0.3, -0.25) is 4.79 Å². The van der Waals surface area contributed by atoms with Crippen molar-refractivity contribution in [3.8, 4) is 0 Å². The number of carbonyl (C=O) groups is 1. The number of benzene rings is 2. The molecule has 1 atom stereocenters. The summed E-state index contributed by atoms with van der Waals surface area (Å²) < 4.78 is 67.1. The van der Waals surface area contributed by atoms with Crippen molar-refractivity contribution in [1.82, 2.24) is 4.57 Å². The summed E-state index contributed by atoms with van der Waals surface area (Å²) in [4.78, 5) is 11.7. The molecule has 1 aromatic heterocycles. The second kappa shape index (κ2) is 8.30. The number of hydrogen-bond donors (Lipinski definition) is 1. The maximum atomic E-state index is 15.1. The van der Waals surface area contributed by atoms with Crippen molar-refractivity contribution in [2.45, 2.75) is 44.9 Å². The van der Waals surface area contributed by atoms with E-state index in [1.807, 2.05) is 0 Å². The lowest BCUT2D eigenvalue weighted by atomic mass is 10.0. The summed E-state index contributed by atoms with van der Waals surface area (Å²) in [6.45, 7) is 0.236. The molecule has 1 N–H and O–H groups in total. The molecule has 1 aliphatic heterocycles. The molecule has 0 saturated carbocycles. The van der Waals surface area contributed by atoms with Gasteiger partial charge in [-0.15, -0.1) is 0 Å². The molecule has 0 fully saturated rings. The second-order valence-electron chi connectivity index (χ2n) is 7.96. The van der Waals surface area contributed by atoms with E-state index >= 15 is 4.39 Å². The molecule has 0 radical (unpaired) electrons. The van der Waals surface area contributed by atoms with Crippen LogP contribution in [0.1, 0.15) is 24.5 Å². The minimum Gasteiger partial charge on any atom is -0.481 e. The third-order valence-corrected chi connectivity index (χ3v) is 9.13. The third kappa shape index (κ3) is 4.39. The lowest BCUT2D eigenvalue weighted by Crippen LogP contribution is -2.08. The molecule has 2 aromatic carbocycles. The highest BCUT2D eigenvalue weighted by atomic mass is 35.5.